The minimum Gasteiger partial charge on any atom is -0.307 e. The normalized spacial score (nSPS) is 23.5. The highest BCUT2D eigenvalue weighted by Crippen LogP contribution is 2.41. The summed E-state index contributed by atoms with van der Waals surface area (Å²) in [5.41, 5.74) is 1.41. The average molecular weight is 279 g/mol. The molecule has 1 saturated carbocycles. The summed E-state index contributed by atoms with van der Waals surface area (Å²) in [4.78, 5) is 2.42. The SMILES string of the molecule is CN1CCC(NC(c2ccc(Cl)cc2)C2CC2)CC1. The molecular weight excluding hydrogens is 256 g/mol. The third-order valence-corrected chi connectivity index (χ3v) is 4.71. The molecule has 1 heterocycles. The molecule has 2 fully saturated rings. The topological polar surface area (TPSA) is 15.3 Å². The maximum absolute atomic E-state index is 5.99. The van der Waals surface area contributed by atoms with Gasteiger partial charge in [0.1, 0.15) is 0 Å². The van der Waals surface area contributed by atoms with Crippen molar-refractivity contribution in [3.05, 3.63) is 34.9 Å². The van der Waals surface area contributed by atoms with E-state index in [-0.39, 0.29) is 0 Å². The molecular formula is C16H23ClN2. The Morgan fingerprint density at radius 1 is 1.11 bits per heavy atom. The van der Waals surface area contributed by atoms with Gasteiger partial charge in [0.15, 0.2) is 0 Å². The summed E-state index contributed by atoms with van der Waals surface area (Å²) >= 11 is 5.99. The fourth-order valence-corrected chi connectivity index (χ4v) is 3.16. The average Bonchev–Trinajstić information content (AvgIpc) is 3.24. The van der Waals surface area contributed by atoms with Crippen molar-refractivity contribution in [3.63, 3.8) is 0 Å². The van der Waals surface area contributed by atoms with Crippen molar-refractivity contribution in [2.24, 2.45) is 5.92 Å². The molecule has 0 aromatic heterocycles. The number of nitrogens with zero attached hydrogens (tertiary/aromatic N) is 1. The molecule has 3 rings (SSSR count). The molecule has 104 valence electrons. The lowest BCUT2D eigenvalue weighted by atomic mass is 9.98. The van der Waals surface area contributed by atoms with E-state index in [1.54, 1.807) is 0 Å². The molecule has 3 heteroatoms. The predicted octanol–water partition coefficient (Wildman–Crippen LogP) is 3.47. The lowest BCUT2D eigenvalue weighted by Crippen LogP contribution is -2.42. The van der Waals surface area contributed by atoms with Gasteiger partial charge in [0.2, 0.25) is 0 Å². The van der Waals surface area contributed by atoms with Crippen molar-refractivity contribution in [1.29, 1.82) is 0 Å². The van der Waals surface area contributed by atoms with Gasteiger partial charge in [-0.15, -0.1) is 0 Å². The minimum atomic E-state index is 0.533. The van der Waals surface area contributed by atoms with Crippen LogP contribution in [0.1, 0.15) is 37.3 Å². The second kappa shape index (κ2) is 5.82. The minimum absolute atomic E-state index is 0.533. The number of rotatable bonds is 4. The second-order valence-corrected chi connectivity index (χ2v) is 6.55. The van der Waals surface area contributed by atoms with Crippen LogP contribution in [0.25, 0.3) is 0 Å². The third-order valence-electron chi connectivity index (χ3n) is 4.46. The fourth-order valence-electron chi connectivity index (χ4n) is 3.03. The summed E-state index contributed by atoms with van der Waals surface area (Å²) < 4.78 is 0. The van der Waals surface area contributed by atoms with Crippen LogP contribution in [-0.4, -0.2) is 31.1 Å². The first kappa shape index (κ1) is 13.4. The van der Waals surface area contributed by atoms with Crippen LogP contribution in [-0.2, 0) is 0 Å². The van der Waals surface area contributed by atoms with Gasteiger partial charge in [-0.2, -0.15) is 0 Å². The highest BCUT2D eigenvalue weighted by Gasteiger charge is 2.34. The number of halogens is 1. The number of piperidine rings is 1. The van der Waals surface area contributed by atoms with Crippen molar-refractivity contribution < 1.29 is 0 Å². The van der Waals surface area contributed by atoms with E-state index in [2.05, 4.69) is 29.4 Å². The van der Waals surface area contributed by atoms with Gasteiger partial charge < -0.3 is 10.2 Å². The smallest absolute Gasteiger partial charge is 0.0406 e. The molecule has 0 spiro atoms. The molecule has 0 amide bonds. The van der Waals surface area contributed by atoms with Gasteiger partial charge in [0.25, 0.3) is 0 Å². The second-order valence-electron chi connectivity index (χ2n) is 6.11. The molecule has 2 aliphatic rings. The van der Waals surface area contributed by atoms with E-state index in [9.17, 15) is 0 Å². The van der Waals surface area contributed by atoms with Crippen LogP contribution in [0.5, 0.6) is 0 Å². The highest BCUT2D eigenvalue weighted by atomic mass is 35.5. The van der Waals surface area contributed by atoms with Crippen LogP contribution < -0.4 is 5.32 Å². The van der Waals surface area contributed by atoms with Crippen LogP contribution >= 0.6 is 11.6 Å². The molecule has 1 aliphatic heterocycles. The maximum atomic E-state index is 5.99. The quantitative estimate of drug-likeness (QED) is 0.907. The van der Waals surface area contributed by atoms with E-state index in [0.717, 1.165) is 10.9 Å². The van der Waals surface area contributed by atoms with Gasteiger partial charge in [0.05, 0.1) is 0 Å². The summed E-state index contributed by atoms with van der Waals surface area (Å²) in [5.74, 6) is 0.834. The van der Waals surface area contributed by atoms with Gasteiger partial charge in [-0.3, -0.25) is 0 Å². The Labute approximate surface area is 121 Å². The number of benzene rings is 1. The zero-order valence-electron chi connectivity index (χ0n) is 11.6. The molecule has 1 saturated heterocycles. The Kier molecular flexibility index (Phi) is 4.11. The van der Waals surface area contributed by atoms with Crippen molar-refractivity contribution in [2.75, 3.05) is 20.1 Å². The first-order chi connectivity index (χ1) is 9.22. The number of nitrogens with one attached hydrogen (secondary N) is 1. The third kappa shape index (κ3) is 3.50. The summed E-state index contributed by atoms with van der Waals surface area (Å²) in [5, 5.41) is 4.74. The largest absolute Gasteiger partial charge is 0.307 e. The summed E-state index contributed by atoms with van der Waals surface area (Å²) in [6.45, 7) is 2.44. The Balaban J connectivity index is 1.66. The molecule has 1 atom stereocenters. The van der Waals surface area contributed by atoms with E-state index >= 15 is 0 Å². The zero-order valence-corrected chi connectivity index (χ0v) is 12.4. The standard InChI is InChI=1S/C16H23ClN2/c1-19-10-8-15(9-11-19)18-16(12-2-3-12)13-4-6-14(17)7-5-13/h4-7,12,15-16,18H,2-3,8-11H2,1H3. The highest BCUT2D eigenvalue weighted by molar-refractivity contribution is 6.30. The lowest BCUT2D eigenvalue weighted by molar-refractivity contribution is 0.220. The van der Waals surface area contributed by atoms with Crippen molar-refractivity contribution >= 4 is 11.6 Å². The molecule has 1 unspecified atom stereocenters. The molecule has 2 nitrogen and oxygen atoms in total. The van der Waals surface area contributed by atoms with Crippen LogP contribution in [0.3, 0.4) is 0 Å². The van der Waals surface area contributed by atoms with E-state index in [0.29, 0.717) is 12.1 Å². The van der Waals surface area contributed by atoms with E-state index in [4.69, 9.17) is 11.6 Å². The molecule has 0 radical (unpaired) electrons. The Morgan fingerprint density at radius 3 is 2.32 bits per heavy atom. The van der Waals surface area contributed by atoms with Gasteiger partial charge in [-0.05, 0) is 69.4 Å². The van der Waals surface area contributed by atoms with Crippen molar-refractivity contribution in [2.45, 2.75) is 37.8 Å². The molecule has 1 aliphatic carbocycles. The Bertz CT molecular complexity index is 405. The van der Waals surface area contributed by atoms with Crippen molar-refractivity contribution in [1.82, 2.24) is 10.2 Å². The molecule has 1 aromatic rings. The fraction of sp³-hybridized carbons (Fsp3) is 0.625. The van der Waals surface area contributed by atoms with Crippen LogP contribution in [0.15, 0.2) is 24.3 Å². The van der Waals surface area contributed by atoms with E-state index in [1.807, 2.05) is 12.1 Å². The van der Waals surface area contributed by atoms with Gasteiger partial charge >= 0.3 is 0 Å². The maximum Gasteiger partial charge on any atom is 0.0406 e. The first-order valence-electron chi connectivity index (χ1n) is 7.42. The monoisotopic (exact) mass is 278 g/mol. The van der Waals surface area contributed by atoms with Gasteiger partial charge in [0, 0.05) is 17.1 Å². The molecule has 19 heavy (non-hydrogen) atoms. The van der Waals surface area contributed by atoms with E-state index < -0.39 is 0 Å². The van der Waals surface area contributed by atoms with E-state index in [1.165, 1.54) is 44.3 Å². The molecule has 0 bridgehead atoms. The van der Waals surface area contributed by atoms with Crippen LogP contribution in [0.2, 0.25) is 5.02 Å². The van der Waals surface area contributed by atoms with Gasteiger partial charge in [-0.1, -0.05) is 23.7 Å². The summed E-state index contributed by atoms with van der Waals surface area (Å²) in [6.07, 6.45) is 5.28. The lowest BCUT2D eigenvalue weighted by Gasteiger charge is -2.33. The Morgan fingerprint density at radius 2 is 1.74 bits per heavy atom. The molecule has 1 N–H and O–H groups in total. The number of likely N-dealkylation sites (tertiary alicyclic amines) is 1. The van der Waals surface area contributed by atoms with Crippen molar-refractivity contribution in [3.8, 4) is 0 Å². The Hall–Kier alpha value is -0.570. The summed E-state index contributed by atoms with van der Waals surface area (Å²) in [7, 11) is 2.22. The zero-order chi connectivity index (χ0) is 13.2. The van der Waals surface area contributed by atoms with Crippen LogP contribution in [0.4, 0.5) is 0 Å². The first-order valence-corrected chi connectivity index (χ1v) is 7.80. The van der Waals surface area contributed by atoms with Crippen LogP contribution in [0, 0.1) is 5.92 Å². The number of hydrogen-bond acceptors (Lipinski definition) is 2. The van der Waals surface area contributed by atoms with Gasteiger partial charge in [-0.25, -0.2) is 0 Å². The molecule has 1 aromatic carbocycles. The summed E-state index contributed by atoms with van der Waals surface area (Å²) in [6, 6.07) is 9.62. The predicted molar refractivity (Wildman–Crippen MR) is 80.6 cm³/mol. The number of hydrogen-bond donors (Lipinski definition) is 1.